The second-order valence-electron chi connectivity index (χ2n) is 4.97. The third-order valence-corrected chi connectivity index (χ3v) is 3.49. The van der Waals surface area contributed by atoms with Crippen LogP contribution in [-0.2, 0) is 9.59 Å². The van der Waals surface area contributed by atoms with Crippen molar-refractivity contribution in [1.82, 2.24) is 10.3 Å². The molecule has 6 heteroatoms. The first-order valence-electron chi connectivity index (χ1n) is 7.00. The van der Waals surface area contributed by atoms with Crippen LogP contribution in [-0.4, -0.2) is 36.0 Å². The van der Waals surface area contributed by atoms with E-state index in [0.29, 0.717) is 18.0 Å². The lowest BCUT2D eigenvalue weighted by Gasteiger charge is -2.18. The van der Waals surface area contributed by atoms with E-state index in [0.717, 1.165) is 24.8 Å². The molecule has 1 aliphatic rings. The van der Waals surface area contributed by atoms with Crippen LogP contribution in [0.4, 0.5) is 0 Å². The minimum absolute atomic E-state index is 0.0430. The van der Waals surface area contributed by atoms with Gasteiger partial charge in [0.2, 0.25) is 5.91 Å². The minimum Gasteiger partial charge on any atom is -0.333 e. The summed E-state index contributed by atoms with van der Waals surface area (Å²) in [4.78, 5) is 25.2. The Morgan fingerprint density at radius 2 is 2.24 bits per heavy atom. The fourth-order valence-electron chi connectivity index (χ4n) is 2.18. The van der Waals surface area contributed by atoms with Crippen molar-refractivity contribution in [3.05, 3.63) is 34.9 Å². The van der Waals surface area contributed by atoms with Gasteiger partial charge in [-0.3, -0.25) is 9.59 Å². The van der Waals surface area contributed by atoms with Crippen LogP contribution in [0.25, 0.3) is 0 Å². The Morgan fingerprint density at radius 3 is 3.05 bits per heavy atom. The molecule has 0 atom stereocenters. The molecule has 1 aromatic carbocycles. The summed E-state index contributed by atoms with van der Waals surface area (Å²) in [7, 11) is 0. The molecule has 0 aromatic heterocycles. The quantitative estimate of drug-likeness (QED) is 0.684. The summed E-state index contributed by atoms with van der Waals surface area (Å²) < 4.78 is 0. The molecule has 21 heavy (non-hydrogen) atoms. The average molecular weight is 308 g/mol. The summed E-state index contributed by atoms with van der Waals surface area (Å²) in [6.07, 6.45) is 4.94. The number of hydrogen-bond acceptors (Lipinski definition) is 3. The van der Waals surface area contributed by atoms with Gasteiger partial charge in [-0.15, -0.1) is 0 Å². The van der Waals surface area contributed by atoms with E-state index in [9.17, 15) is 9.59 Å². The molecule has 1 fully saturated rings. The number of carbonyl (C=O) groups is 2. The van der Waals surface area contributed by atoms with Crippen molar-refractivity contribution in [2.75, 3.05) is 13.1 Å². The number of hydrogen-bond donors (Lipinski definition) is 1. The maximum Gasteiger partial charge on any atom is 0.259 e. The molecule has 112 valence electrons. The van der Waals surface area contributed by atoms with Gasteiger partial charge in [0.05, 0.1) is 6.21 Å². The van der Waals surface area contributed by atoms with Crippen molar-refractivity contribution in [1.29, 1.82) is 0 Å². The van der Waals surface area contributed by atoms with Crippen molar-refractivity contribution in [3.63, 3.8) is 0 Å². The molecule has 1 saturated heterocycles. The van der Waals surface area contributed by atoms with Crippen molar-refractivity contribution >= 4 is 29.6 Å². The summed E-state index contributed by atoms with van der Waals surface area (Å²) in [5.74, 6) is -0.245. The van der Waals surface area contributed by atoms with E-state index < -0.39 is 0 Å². The molecule has 2 amide bonds. The molecule has 0 radical (unpaired) electrons. The minimum atomic E-state index is -0.288. The van der Waals surface area contributed by atoms with Gasteiger partial charge in [-0.05, 0) is 30.5 Å². The summed E-state index contributed by atoms with van der Waals surface area (Å²) in [5.41, 5.74) is 3.23. The van der Waals surface area contributed by atoms with E-state index in [1.54, 1.807) is 23.1 Å². The van der Waals surface area contributed by atoms with Gasteiger partial charge in [-0.1, -0.05) is 30.2 Å². The third-order valence-electron chi connectivity index (χ3n) is 3.26. The fourth-order valence-corrected chi connectivity index (χ4v) is 2.38. The number of likely N-dealkylation sites (tertiary alicyclic amines) is 1. The van der Waals surface area contributed by atoms with Gasteiger partial charge < -0.3 is 4.90 Å². The number of rotatable bonds is 4. The molecule has 0 unspecified atom stereocenters. The summed E-state index contributed by atoms with van der Waals surface area (Å²) in [6.45, 7) is 0.704. The van der Waals surface area contributed by atoms with Crippen LogP contribution in [0, 0.1) is 0 Å². The van der Waals surface area contributed by atoms with E-state index in [-0.39, 0.29) is 18.4 Å². The molecular weight excluding hydrogens is 290 g/mol. The van der Waals surface area contributed by atoms with Crippen molar-refractivity contribution in [2.45, 2.75) is 25.7 Å². The third kappa shape index (κ3) is 5.19. The first-order valence-corrected chi connectivity index (χ1v) is 7.38. The van der Waals surface area contributed by atoms with Crippen LogP contribution >= 0.6 is 11.6 Å². The predicted molar refractivity (Wildman–Crippen MR) is 82.2 cm³/mol. The van der Waals surface area contributed by atoms with E-state index in [1.165, 1.54) is 6.21 Å². The molecule has 1 aliphatic heterocycles. The van der Waals surface area contributed by atoms with Crippen LogP contribution < -0.4 is 5.43 Å². The standard InChI is InChI=1S/C15H18ClN3O2/c16-13-6-4-5-12(9-13)10-17-18-14(20)11-19-8-3-1-2-7-15(19)21/h4-6,9-10H,1-3,7-8,11H2,(H,18,20)/b17-10-. The Bertz CT molecular complexity index is 545. The van der Waals surface area contributed by atoms with Crippen molar-refractivity contribution < 1.29 is 9.59 Å². The van der Waals surface area contributed by atoms with E-state index in [4.69, 9.17) is 11.6 Å². The Kier molecular flexibility index (Phi) is 5.75. The van der Waals surface area contributed by atoms with Gasteiger partial charge in [0.1, 0.15) is 6.54 Å². The van der Waals surface area contributed by atoms with Crippen LogP contribution in [0.2, 0.25) is 5.02 Å². The zero-order chi connectivity index (χ0) is 15.1. The van der Waals surface area contributed by atoms with Gasteiger partial charge in [0.15, 0.2) is 0 Å². The van der Waals surface area contributed by atoms with Crippen molar-refractivity contribution in [2.24, 2.45) is 5.10 Å². The largest absolute Gasteiger partial charge is 0.333 e. The summed E-state index contributed by atoms with van der Waals surface area (Å²) >= 11 is 5.85. The predicted octanol–water partition coefficient (Wildman–Crippen LogP) is 2.19. The second kappa shape index (κ2) is 7.78. The number of benzene rings is 1. The normalized spacial score (nSPS) is 16.0. The van der Waals surface area contributed by atoms with Crippen molar-refractivity contribution in [3.8, 4) is 0 Å². The van der Waals surface area contributed by atoms with Gasteiger partial charge in [-0.2, -0.15) is 5.10 Å². The maximum atomic E-state index is 11.8. The van der Waals surface area contributed by atoms with Crippen LogP contribution in [0.5, 0.6) is 0 Å². The fraction of sp³-hybridized carbons (Fsp3) is 0.400. The Labute approximate surface area is 129 Å². The molecule has 2 rings (SSSR count). The van der Waals surface area contributed by atoms with Crippen LogP contribution in [0.3, 0.4) is 0 Å². The molecule has 1 heterocycles. The first kappa shape index (κ1) is 15.5. The zero-order valence-corrected chi connectivity index (χ0v) is 12.5. The Morgan fingerprint density at radius 1 is 1.38 bits per heavy atom. The smallest absolute Gasteiger partial charge is 0.259 e. The summed E-state index contributed by atoms with van der Waals surface area (Å²) in [6, 6.07) is 7.15. The number of nitrogens with zero attached hydrogens (tertiary/aromatic N) is 2. The molecule has 0 bridgehead atoms. The molecule has 5 nitrogen and oxygen atoms in total. The topological polar surface area (TPSA) is 61.8 Å². The average Bonchev–Trinajstić information content (AvgIpc) is 2.64. The van der Waals surface area contributed by atoms with Gasteiger partial charge in [0.25, 0.3) is 5.91 Å². The van der Waals surface area contributed by atoms with E-state index >= 15 is 0 Å². The number of hydrazone groups is 1. The van der Waals surface area contributed by atoms with Gasteiger partial charge >= 0.3 is 0 Å². The summed E-state index contributed by atoms with van der Waals surface area (Å²) in [5, 5.41) is 4.49. The number of carbonyl (C=O) groups excluding carboxylic acids is 2. The molecule has 0 spiro atoms. The number of halogens is 1. The highest BCUT2D eigenvalue weighted by Gasteiger charge is 2.18. The van der Waals surface area contributed by atoms with E-state index in [1.807, 2.05) is 6.07 Å². The second-order valence-corrected chi connectivity index (χ2v) is 5.41. The highest BCUT2D eigenvalue weighted by molar-refractivity contribution is 6.30. The number of nitrogens with one attached hydrogen (secondary N) is 1. The van der Waals surface area contributed by atoms with E-state index in [2.05, 4.69) is 10.5 Å². The lowest BCUT2D eigenvalue weighted by atomic mass is 10.2. The molecule has 0 saturated carbocycles. The molecular formula is C15H18ClN3O2. The lowest BCUT2D eigenvalue weighted by Crippen LogP contribution is -2.39. The first-order chi connectivity index (χ1) is 10.1. The number of amides is 2. The Balaban J connectivity index is 1.82. The Hall–Kier alpha value is -1.88. The highest BCUT2D eigenvalue weighted by atomic mass is 35.5. The molecule has 0 aliphatic carbocycles. The maximum absolute atomic E-state index is 11.8. The highest BCUT2D eigenvalue weighted by Crippen LogP contribution is 2.10. The SMILES string of the molecule is O=C(CN1CCCCCC1=O)N/N=C\c1cccc(Cl)c1. The van der Waals surface area contributed by atoms with Crippen LogP contribution in [0.1, 0.15) is 31.2 Å². The lowest BCUT2D eigenvalue weighted by molar-refractivity contribution is -0.135. The van der Waals surface area contributed by atoms with Gasteiger partial charge in [0, 0.05) is 18.0 Å². The van der Waals surface area contributed by atoms with Crippen LogP contribution in [0.15, 0.2) is 29.4 Å². The van der Waals surface area contributed by atoms with Gasteiger partial charge in [-0.25, -0.2) is 5.43 Å². The zero-order valence-electron chi connectivity index (χ0n) is 11.7. The molecule has 1 aromatic rings. The monoisotopic (exact) mass is 307 g/mol. The molecule has 1 N–H and O–H groups in total.